The minimum atomic E-state index is 1.00. The number of halogens is 2. The Morgan fingerprint density at radius 3 is 2.00 bits per heavy atom. The number of hydrogen-bond acceptors (Lipinski definition) is 1. The monoisotopic (exact) mass is 373 g/mol. The van der Waals surface area contributed by atoms with E-state index in [9.17, 15) is 0 Å². The van der Waals surface area contributed by atoms with E-state index in [4.69, 9.17) is 0 Å². The third-order valence-electron chi connectivity index (χ3n) is 1.35. The molecule has 1 aromatic rings. The smallest absolute Gasteiger partial charge is 0.0507 e. The van der Waals surface area contributed by atoms with Crippen molar-refractivity contribution < 1.29 is 0 Å². The summed E-state index contributed by atoms with van der Waals surface area (Å²) in [5.41, 5.74) is 3.70. The lowest BCUT2D eigenvalue weighted by Gasteiger charge is -2.00. The molecule has 0 aliphatic rings. The molecule has 1 rings (SSSR count). The number of alkyl halides is 2. The van der Waals surface area contributed by atoms with E-state index in [2.05, 4.69) is 69.2 Å². The second kappa shape index (κ2) is 4.59. The maximum Gasteiger partial charge on any atom is 0.0507 e. The van der Waals surface area contributed by atoms with Crippen molar-refractivity contribution in [3.05, 3.63) is 29.1 Å². The van der Waals surface area contributed by atoms with Gasteiger partial charge >= 0.3 is 0 Å². The molecule has 0 aliphatic heterocycles. The SMILES string of the molecule is Cc1cc(CI)nc(CI)c1. The third-order valence-corrected chi connectivity index (χ3v) is 2.91. The second-order valence-electron chi connectivity index (χ2n) is 2.39. The molecule has 1 aromatic heterocycles. The maximum absolute atomic E-state index is 4.46. The average molecular weight is 373 g/mol. The minimum Gasteiger partial charge on any atom is -0.256 e. The molecule has 0 spiro atoms. The van der Waals surface area contributed by atoms with Gasteiger partial charge in [-0.1, -0.05) is 45.2 Å². The fourth-order valence-electron chi connectivity index (χ4n) is 0.953. The molecule has 0 amide bonds. The number of nitrogens with zero attached hydrogens (tertiary/aromatic N) is 1. The minimum absolute atomic E-state index is 1.00. The molecule has 1 heterocycles. The van der Waals surface area contributed by atoms with Crippen LogP contribution in [0.2, 0.25) is 0 Å². The van der Waals surface area contributed by atoms with Crippen LogP contribution >= 0.6 is 45.2 Å². The van der Waals surface area contributed by atoms with Gasteiger partial charge < -0.3 is 0 Å². The number of rotatable bonds is 2. The molecular formula is C8H9I2N. The van der Waals surface area contributed by atoms with E-state index in [1.807, 2.05) is 0 Å². The Kier molecular flexibility index (Phi) is 4.05. The zero-order chi connectivity index (χ0) is 8.27. The van der Waals surface area contributed by atoms with Gasteiger partial charge in [0.25, 0.3) is 0 Å². The van der Waals surface area contributed by atoms with Gasteiger partial charge in [0.1, 0.15) is 0 Å². The lowest BCUT2D eigenvalue weighted by Crippen LogP contribution is -1.91. The highest BCUT2D eigenvalue weighted by atomic mass is 127. The van der Waals surface area contributed by atoms with Crippen molar-refractivity contribution in [3.8, 4) is 0 Å². The standard InChI is InChI=1S/C8H9I2N/c1-6-2-7(4-9)11-8(3-6)5-10/h2-3H,4-5H2,1H3. The van der Waals surface area contributed by atoms with Crippen LogP contribution in [0.5, 0.6) is 0 Å². The van der Waals surface area contributed by atoms with Crippen molar-refractivity contribution in [1.29, 1.82) is 0 Å². The first-order valence-electron chi connectivity index (χ1n) is 3.34. The van der Waals surface area contributed by atoms with Crippen molar-refractivity contribution in [2.75, 3.05) is 0 Å². The first-order chi connectivity index (χ1) is 5.26. The van der Waals surface area contributed by atoms with Crippen LogP contribution in [0.1, 0.15) is 17.0 Å². The van der Waals surface area contributed by atoms with Crippen LogP contribution in [0, 0.1) is 6.92 Å². The van der Waals surface area contributed by atoms with Crippen LogP contribution in [-0.4, -0.2) is 4.98 Å². The Labute approximate surface area is 94.3 Å². The van der Waals surface area contributed by atoms with Crippen LogP contribution in [0.15, 0.2) is 12.1 Å². The highest BCUT2D eigenvalue weighted by Crippen LogP contribution is 2.10. The Morgan fingerprint density at radius 2 is 1.64 bits per heavy atom. The number of hydrogen-bond donors (Lipinski definition) is 0. The van der Waals surface area contributed by atoms with Gasteiger partial charge in [-0.05, 0) is 24.6 Å². The third kappa shape index (κ3) is 2.85. The quantitative estimate of drug-likeness (QED) is 0.573. The first-order valence-corrected chi connectivity index (χ1v) is 6.39. The Hall–Kier alpha value is 0.610. The molecule has 0 saturated carbocycles. The predicted octanol–water partition coefficient (Wildman–Crippen LogP) is 3.26. The lowest BCUT2D eigenvalue weighted by molar-refractivity contribution is 1.09. The number of aromatic nitrogens is 1. The van der Waals surface area contributed by atoms with Gasteiger partial charge in [-0.25, -0.2) is 0 Å². The maximum atomic E-state index is 4.46. The topological polar surface area (TPSA) is 12.9 Å². The second-order valence-corrected chi connectivity index (χ2v) is 3.92. The van der Waals surface area contributed by atoms with Crippen molar-refractivity contribution in [2.24, 2.45) is 0 Å². The van der Waals surface area contributed by atoms with Gasteiger partial charge in [0, 0.05) is 8.86 Å². The van der Waals surface area contributed by atoms with E-state index in [1.165, 1.54) is 17.0 Å². The summed E-state index contributed by atoms with van der Waals surface area (Å²) in [7, 11) is 0. The molecule has 0 fully saturated rings. The summed E-state index contributed by atoms with van der Waals surface area (Å²) in [5, 5.41) is 0. The molecule has 0 bridgehead atoms. The summed E-state index contributed by atoms with van der Waals surface area (Å²) in [6, 6.07) is 4.28. The molecule has 0 radical (unpaired) electrons. The van der Waals surface area contributed by atoms with E-state index < -0.39 is 0 Å². The van der Waals surface area contributed by atoms with Gasteiger partial charge in [0.2, 0.25) is 0 Å². The predicted molar refractivity (Wildman–Crippen MR) is 64.4 cm³/mol. The molecule has 0 saturated heterocycles. The van der Waals surface area contributed by atoms with E-state index in [1.54, 1.807) is 0 Å². The molecule has 11 heavy (non-hydrogen) atoms. The van der Waals surface area contributed by atoms with E-state index in [0.717, 1.165) is 8.86 Å². The molecule has 0 aliphatic carbocycles. The van der Waals surface area contributed by atoms with Gasteiger partial charge in [-0.3, -0.25) is 4.98 Å². The van der Waals surface area contributed by atoms with Gasteiger partial charge in [0.05, 0.1) is 11.4 Å². The number of pyridine rings is 1. The number of aryl methyl sites for hydroxylation is 1. The Bertz CT molecular complexity index is 226. The fourth-order valence-corrected chi connectivity index (χ4v) is 1.73. The van der Waals surface area contributed by atoms with Crippen molar-refractivity contribution >= 4 is 45.2 Å². The molecule has 0 N–H and O–H groups in total. The van der Waals surface area contributed by atoms with Gasteiger partial charge in [-0.15, -0.1) is 0 Å². The average Bonchev–Trinajstić information content (AvgIpc) is 2.03. The Morgan fingerprint density at radius 1 is 1.18 bits per heavy atom. The van der Waals surface area contributed by atoms with Crippen LogP contribution in [0.4, 0.5) is 0 Å². The molecule has 3 heteroatoms. The molecule has 1 nitrogen and oxygen atoms in total. The molecule has 0 atom stereocenters. The van der Waals surface area contributed by atoms with Gasteiger partial charge in [-0.2, -0.15) is 0 Å². The highest BCUT2D eigenvalue weighted by molar-refractivity contribution is 14.1. The van der Waals surface area contributed by atoms with Crippen LogP contribution < -0.4 is 0 Å². The van der Waals surface area contributed by atoms with Crippen LogP contribution in [0.25, 0.3) is 0 Å². The summed E-state index contributed by atoms with van der Waals surface area (Å²) in [4.78, 5) is 4.46. The van der Waals surface area contributed by atoms with Gasteiger partial charge in [0.15, 0.2) is 0 Å². The molecule has 0 unspecified atom stereocenters. The van der Waals surface area contributed by atoms with E-state index >= 15 is 0 Å². The summed E-state index contributed by atoms with van der Waals surface area (Å²) < 4.78 is 2.01. The Balaban J connectivity index is 3.02. The zero-order valence-corrected chi connectivity index (χ0v) is 10.6. The molecule has 0 aromatic carbocycles. The first kappa shape index (κ1) is 9.70. The molecular weight excluding hydrogens is 364 g/mol. The van der Waals surface area contributed by atoms with Crippen molar-refractivity contribution in [3.63, 3.8) is 0 Å². The van der Waals surface area contributed by atoms with Crippen LogP contribution in [0.3, 0.4) is 0 Å². The summed E-state index contributed by atoms with van der Waals surface area (Å²) in [5.74, 6) is 0. The highest BCUT2D eigenvalue weighted by Gasteiger charge is 1.96. The fraction of sp³-hybridized carbons (Fsp3) is 0.375. The molecule has 60 valence electrons. The van der Waals surface area contributed by atoms with E-state index in [0.29, 0.717) is 0 Å². The zero-order valence-electron chi connectivity index (χ0n) is 6.27. The van der Waals surface area contributed by atoms with Crippen molar-refractivity contribution in [1.82, 2.24) is 4.98 Å². The summed E-state index contributed by atoms with van der Waals surface area (Å²) >= 11 is 4.68. The van der Waals surface area contributed by atoms with Crippen molar-refractivity contribution in [2.45, 2.75) is 15.8 Å². The summed E-state index contributed by atoms with van der Waals surface area (Å²) in [6.07, 6.45) is 0. The van der Waals surface area contributed by atoms with Crippen LogP contribution in [-0.2, 0) is 8.86 Å². The lowest BCUT2D eigenvalue weighted by atomic mass is 10.2. The normalized spacial score (nSPS) is 10.1. The summed E-state index contributed by atoms with van der Waals surface area (Å²) in [6.45, 7) is 2.12. The largest absolute Gasteiger partial charge is 0.256 e. The van der Waals surface area contributed by atoms with E-state index in [-0.39, 0.29) is 0 Å².